The van der Waals surface area contributed by atoms with Gasteiger partial charge in [0.25, 0.3) is 0 Å². The Morgan fingerprint density at radius 2 is 2.21 bits per heavy atom. The molecule has 1 atom stereocenters. The maximum Gasteiger partial charge on any atom is 0.132 e. The normalized spacial score (nSPS) is 16.5. The van der Waals surface area contributed by atoms with Crippen LogP contribution in [-0.4, -0.2) is 22.4 Å². The minimum Gasteiger partial charge on any atom is -0.344 e. The Bertz CT molecular complexity index is 1020. The highest BCUT2D eigenvalue weighted by atomic mass is 32.2. The molecule has 0 saturated heterocycles. The van der Waals surface area contributed by atoms with Crippen LogP contribution in [0.1, 0.15) is 24.6 Å². The van der Waals surface area contributed by atoms with E-state index in [0.29, 0.717) is 11.5 Å². The van der Waals surface area contributed by atoms with Crippen molar-refractivity contribution in [2.24, 2.45) is 13.0 Å². The SMILES string of the molecule is C=C(C1=CC(C)CC=C1N(C)c1ccc(/C=C/SC=N)c(F)c1)c1ccnn1C. The molecule has 0 spiro atoms. The number of aromatic nitrogens is 2. The Morgan fingerprint density at radius 3 is 2.86 bits per heavy atom. The molecule has 1 heterocycles. The third-order valence-electron chi connectivity index (χ3n) is 4.99. The molecule has 3 rings (SSSR count). The lowest BCUT2D eigenvalue weighted by molar-refractivity contribution is 0.625. The first-order chi connectivity index (χ1) is 13.9. The first-order valence-corrected chi connectivity index (χ1v) is 10.3. The number of nitrogens with one attached hydrogen (secondary N) is 1. The predicted octanol–water partition coefficient (Wildman–Crippen LogP) is 5.87. The van der Waals surface area contributed by atoms with Crippen LogP contribution in [0.15, 0.2) is 65.9 Å². The van der Waals surface area contributed by atoms with Gasteiger partial charge in [-0.25, -0.2) is 4.39 Å². The number of aryl methyl sites for hydroxylation is 1. The average Bonchev–Trinajstić information content (AvgIpc) is 3.14. The minimum atomic E-state index is -0.294. The lowest BCUT2D eigenvalue weighted by Gasteiger charge is -2.30. The minimum absolute atomic E-state index is 0.294. The number of anilines is 1. The highest BCUT2D eigenvalue weighted by Crippen LogP contribution is 2.36. The standard InChI is InChI=1S/C23H25FN4S/c1-16-5-8-23(20(13-16)17(2)22-9-11-26-28(22)4)27(3)19-7-6-18(21(24)14-19)10-12-29-15-25/h6-16,25H,2,5H2,1,3-4H3/b12-10+,25-15?. The maximum atomic E-state index is 14.6. The smallest absolute Gasteiger partial charge is 0.132 e. The molecule has 1 unspecified atom stereocenters. The van der Waals surface area contributed by atoms with Crippen molar-refractivity contribution in [1.82, 2.24) is 9.78 Å². The number of halogens is 1. The monoisotopic (exact) mass is 408 g/mol. The summed E-state index contributed by atoms with van der Waals surface area (Å²) >= 11 is 1.20. The third-order valence-corrected chi connectivity index (χ3v) is 5.42. The number of nitrogens with zero attached hydrogens (tertiary/aromatic N) is 3. The van der Waals surface area contributed by atoms with E-state index in [2.05, 4.69) is 30.8 Å². The van der Waals surface area contributed by atoms with Gasteiger partial charge in [-0.1, -0.05) is 37.4 Å². The zero-order valence-corrected chi connectivity index (χ0v) is 17.7. The summed E-state index contributed by atoms with van der Waals surface area (Å²) in [4.78, 5) is 2.00. The summed E-state index contributed by atoms with van der Waals surface area (Å²) < 4.78 is 16.4. The molecule has 1 aromatic carbocycles. The van der Waals surface area contributed by atoms with E-state index < -0.39 is 0 Å². The first-order valence-electron chi connectivity index (χ1n) is 9.36. The molecule has 4 nitrogen and oxygen atoms in total. The molecule has 0 fully saturated rings. The molecule has 1 aliphatic carbocycles. The fraction of sp³-hybridized carbons (Fsp3) is 0.217. The third kappa shape index (κ3) is 4.59. The molecule has 2 aromatic rings. The van der Waals surface area contributed by atoms with E-state index in [4.69, 9.17) is 5.41 Å². The second kappa shape index (κ2) is 9.09. The molecular weight excluding hydrogens is 383 g/mol. The van der Waals surface area contributed by atoms with E-state index in [-0.39, 0.29) is 5.82 Å². The number of hydrogen-bond acceptors (Lipinski definition) is 4. The number of hydrogen-bond donors (Lipinski definition) is 1. The predicted molar refractivity (Wildman–Crippen MR) is 122 cm³/mol. The molecule has 1 aliphatic rings. The van der Waals surface area contributed by atoms with Crippen LogP contribution in [0.25, 0.3) is 11.6 Å². The summed E-state index contributed by atoms with van der Waals surface area (Å²) in [6, 6.07) is 7.15. The van der Waals surface area contributed by atoms with E-state index >= 15 is 0 Å². The summed E-state index contributed by atoms with van der Waals surface area (Å²) in [5.74, 6) is 0.111. The molecule has 0 aliphatic heterocycles. The largest absolute Gasteiger partial charge is 0.344 e. The lowest BCUT2D eigenvalue weighted by atomic mass is 9.89. The summed E-state index contributed by atoms with van der Waals surface area (Å²) in [5, 5.41) is 13.0. The van der Waals surface area contributed by atoms with Crippen LogP contribution in [0.3, 0.4) is 0 Å². The summed E-state index contributed by atoms with van der Waals surface area (Å²) in [7, 11) is 3.85. The average molecular weight is 409 g/mol. The maximum absolute atomic E-state index is 14.6. The van der Waals surface area contributed by atoms with Crippen molar-refractivity contribution in [3.05, 3.63) is 82.9 Å². The number of rotatable bonds is 7. The van der Waals surface area contributed by atoms with Crippen LogP contribution in [-0.2, 0) is 7.05 Å². The van der Waals surface area contributed by atoms with Crippen molar-refractivity contribution in [1.29, 1.82) is 5.41 Å². The Labute approximate surface area is 175 Å². The van der Waals surface area contributed by atoms with Crippen molar-refractivity contribution >= 4 is 34.6 Å². The fourth-order valence-corrected chi connectivity index (χ4v) is 3.68. The number of thioether (sulfide) groups is 1. The van der Waals surface area contributed by atoms with E-state index in [1.54, 1.807) is 23.7 Å². The molecule has 150 valence electrons. The van der Waals surface area contributed by atoms with Crippen LogP contribution in [0, 0.1) is 17.1 Å². The molecule has 1 aromatic heterocycles. The fourth-order valence-electron chi connectivity index (χ4n) is 3.38. The molecule has 29 heavy (non-hydrogen) atoms. The van der Waals surface area contributed by atoms with Crippen molar-refractivity contribution < 1.29 is 4.39 Å². The number of likely N-dealkylation sites (N-methyl/N-ethyl adjacent to an activating group) is 1. The van der Waals surface area contributed by atoms with Gasteiger partial charge in [0.2, 0.25) is 0 Å². The second-order valence-electron chi connectivity index (χ2n) is 7.02. The van der Waals surface area contributed by atoms with E-state index in [1.807, 2.05) is 35.8 Å². The van der Waals surface area contributed by atoms with Crippen LogP contribution >= 0.6 is 11.8 Å². The van der Waals surface area contributed by atoms with Crippen LogP contribution < -0.4 is 4.90 Å². The van der Waals surface area contributed by atoms with Gasteiger partial charge in [0.15, 0.2) is 0 Å². The summed E-state index contributed by atoms with van der Waals surface area (Å²) in [5.41, 5.74) is 6.38. The van der Waals surface area contributed by atoms with Crippen LogP contribution in [0.2, 0.25) is 0 Å². The molecule has 0 saturated carbocycles. The van der Waals surface area contributed by atoms with E-state index in [1.165, 1.54) is 23.4 Å². The van der Waals surface area contributed by atoms with Gasteiger partial charge >= 0.3 is 0 Å². The van der Waals surface area contributed by atoms with Gasteiger partial charge in [-0.3, -0.25) is 4.68 Å². The number of benzene rings is 1. The van der Waals surface area contributed by atoms with Crippen molar-refractivity contribution in [3.63, 3.8) is 0 Å². The first kappa shape index (κ1) is 20.9. The highest BCUT2D eigenvalue weighted by molar-refractivity contribution is 8.14. The topological polar surface area (TPSA) is 44.9 Å². The van der Waals surface area contributed by atoms with Crippen LogP contribution in [0.4, 0.5) is 10.1 Å². The molecule has 0 radical (unpaired) electrons. The van der Waals surface area contributed by atoms with Gasteiger partial charge in [0.1, 0.15) is 5.82 Å². The van der Waals surface area contributed by atoms with Gasteiger partial charge < -0.3 is 10.3 Å². The Hall–Kier alpha value is -2.86. The second-order valence-corrected chi connectivity index (χ2v) is 7.80. The van der Waals surface area contributed by atoms with Gasteiger partial charge in [0.05, 0.1) is 11.2 Å². The quantitative estimate of drug-likeness (QED) is 0.460. The van der Waals surface area contributed by atoms with Crippen molar-refractivity contribution in [3.8, 4) is 0 Å². The Balaban J connectivity index is 1.90. The molecule has 0 bridgehead atoms. The van der Waals surface area contributed by atoms with Gasteiger partial charge in [-0.15, -0.1) is 0 Å². The van der Waals surface area contributed by atoms with Gasteiger partial charge in [0, 0.05) is 48.4 Å². The van der Waals surface area contributed by atoms with Crippen molar-refractivity contribution in [2.75, 3.05) is 11.9 Å². The van der Waals surface area contributed by atoms with Crippen LogP contribution in [0.5, 0.6) is 0 Å². The zero-order chi connectivity index (χ0) is 21.0. The zero-order valence-electron chi connectivity index (χ0n) is 16.9. The molecule has 6 heteroatoms. The van der Waals surface area contributed by atoms with E-state index in [9.17, 15) is 4.39 Å². The molecule has 1 N–H and O–H groups in total. The van der Waals surface area contributed by atoms with Gasteiger partial charge in [-0.05, 0) is 48.1 Å². The molecular formula is C23H25FN4S. The number of allylic oxidation sites excluding steroid dienone is 3. The highest BCUT2D eigenvalue weighted by Gasteiger charge is 2.22. The Kier molecular flexibility index (Phi) is 6.54. The lowest BCUT2D eigenvalue weighted by Crippen LogP contribution is -2.21. The van der Waals surface area contributed by atoms with Gasteiger partial charge in [-0.2, -0.15) is 5.10 Å². The summed E-state index contributed by atoms with van der Waals surface area (Å²) in [6.45, 7) is 6.49. The Morgan fingerprint density at radius 1 is 1.41 bits per heavy atom. The van der Waals surface area contributed by atoms with E-state index in [0.717, 1.165) is 34.6 Å². The van der Waals surface area contributed by atoms with Crippen molar-refractivity contribution in [2.45, 2.75) is 13.3 Å². The molecule has 0 amide bonds. The summed E-state index contributed by atoms with van der Waals surface area (Å²) in [6.07, 6.45) is 8.77.